The number of nitrogens with zero attached hydrogens (tertiary/aromatic N) is 1. The molecule has 1 saturated heterocycles. The molecule has 2 aromatic rings. The van der Waals surface area contributed by atoms with Gasteiger partial charge in [0, 0.05) is 13.1 Å². The normalized spacial score (nSPS) is 14.5. The van der Waals surface area contributed by atoms with E-state index >= 15 is 0 Å². The summed E-state index contributed by atoms with van der Waals surface area (Å²) in [6.07, 6.45) is 1.04. The Morgan fingerprint density at radius 2 is 1.73 bits per heavy atom. The van der Waals surface area contributed by atoms with Gasteiger partial charge in [-0.1, -0.05) is 50.2 Å². The molecule has 0 spiro atoms. The van der Waals surface area contributed by atoms with Gasteiger partial charge in [0.15, 0.2) is 6.29 Å². The summed E-state index contributed by atoms with van der Waals surface area (Å²) in [6.45, 7) is 5.82. The molecule has 0 aromatic heterocycles. The molecular weight excluding hydrogens is 274 g/mol. The highest BCUT2D eigenvalue weighted by Crippen LogP contribution is 2.28. The highest BCUT2D eigenvalue weighted by atomic mass is 16.5. The third-order valence-electron chi connectivity index (χ3n) is 3.57. The predicted octanol–water partition coefficient (Wildman–Crippen LogP) is 3.89. The van der Waals surface area contributed by atoms with Crippen molar-refractivity contribution in [3.8, 4) is 16.9 Å². The second-order valence-corrected chi connectivity index (χ2v) is 5.20. The number of likely N-dealkylation sites (tertiary alicyclic amines) is 1. The maximum absolute atomic E-state index is 11.1. The molecule has 0 N–H and O–H groups in total. The van der Waals surface area contributed by atoms with Crippen LogP contribution in [0.15, 0.2) is 48.5 Å². The van der Waals surface area contributed by atoms with E-state index in [0.717, 1.165) is 30.5 Å². The van der Waals surface area contributed by atoms with Crippen molar-refractivity contribution < 1.29 is 9.53 Å². The summed E-state index contributed by atoms with van der Waals surface area (Å²) in [5.74, 6) is 0.680. The van der Waals surface area contributed by atoms with Crippen molar-refractivity contribution in [2.45, 2.75) is 20.0 Å². The van der Waals surface area contributed by atoms with Crippen LogP contribution in [0.3, 0.4) is 0 Å². The van der Waals surface area contributed by atoms with Crippen molar-refractivity contribution >= 4 is 6.29 Å². The minimum absolute atomic E-state index is 0.185. The lowest BCUT2D eigenvalue weighted by molar-refractivity contribution is 0.0384. The topological polar surface area (TPSA) is 29.5 Å². The van der Waals surface area contributed by atoms with Crippen LogP contribution in [-0.4, -0.2) is 37.4 Å². The number of carbonyl (C=O) groups excluding carboxylic acids is 1. The summed E-state index contributed by atoms with van der Waals surface area (Å²) in [5, 5.41) is 0. The molecule has 0 saturated carbocycles. The monoisotopic (exact) mass is 297 g/mol. The molecule has 0 atom stereocenters. The summed E-state index contributed by atoms with van der Waals surface area (Å²) < 4.78 is 5.93. The number of hydrogen-bond donors (Lipinski definition) is 0. The zero-order chi connectivity index (χ0) is 15.9. The summed E-state index contributed by atoms with van der Waals surface area (Å²) in [6, 6.07) is 15.8. The van der Waals surface area contributed by atoms with Crippen LogP contribution in [0.1, 0.15) is 24.2 Å². The van der Waals surface area contributed by atoms with Crippen molar-refractivity contribution in [1.29, 1.82) is 0 Å². The molecule has 1 fully saturated rings. The van der Waals surface area contributed by atoms with Crippen molar-refractivity contribution in [3.63, 3.8) is 0 Å². The van der Waals surface area contributed by atoms with Gasteiger partial charge in [0.25, 0.3) is 0 Å². The molecule has 0 radical (unpaired) electrons. The van der Waals surface area contributed by atoms with Gasteiger partial charge in [-0.25, -0.2) is 0 Å². The molecule has 0 aliphatic carbocycles. The van der Waals surface area contributed by atoms with Crippen LogP contribution >= 0.6 is 0 Å². The van der Waals surface area contributed by atoms with Gasteiger partial charge in [0.2, 0.25) is 0 Å². The van der Waals surface area contributed by atoms with Crippen molar-refractivity contribution in [2.75, 3.05) is 20.1 Å². The van der Waals surface area contributed by atoms with Crippen molar-refractivity contribution in [2.24, 2.45) is 0 Å². The van der Waals surface area contributed by atoms with Gasteiger partial charge in [-0.05, 0) is 30.3 Å². The Bertz CT molecular complexity index is 604. The summed E-state index contributed by atoms with van der Waals surface area (Å²) in [5.41, 5.74) is 2.80. The molecule has 0 bridgehead atoms. The van der Waals surface area contributed by atoms with E-state index in [-0.39, 0.29) is 6.10 Å². The van der Waals surface area contributed by atoms with E-state index in [1.54, 1.807) is 0 Å². The summed E-state index contributed by atoms with van der Waals surface area (Å²) in [4.78, 5) is 13.3. The minimum atomic E-state index is 0.185. The molecule has 3 nitrogen and oxygen atoms in total. The minimum Gasteiger partial charge on any atom is -0.487 e. The predicted molar refractivity (Wildman–Crippen MR) is 90.5 cm³/mol. The maximum atomic E-state index is 11.1. The van der Waals surface area contributed by atoms with E-state index in [0.29, 0.717) is 11.3 Å². The number of carbonyl (C=O) groups is 1. The van der Waals surface area contributed by atoms with Crippen molar-refractivity contribution in [3.05, 3.63) is 54.1 Å². The zero-order valence-electron chi connectivity index (χ0n) is 13.5. The van der Waals surface area contributed by atoms with Crippen LogP contribution in [0.2, 0.25) is 0 Å². The van der Waals surface area contributed by atoms with Gasteiger partial charge >= 0.3 is 0 Å². The first-order chi connectivity index (χ1) is 10.8. The first-order valence-electron chi connectivity index (χ1n) is 7.76. The van der Waals surface area contributed by atoms with Gasteiger partial charge in [-0.3, -0.25) is 9.69 Å². The van der Waals surface area contributed by atoms with Crippen LogP contribution in [0, 0.1) is 0 Å². The Hall–Kier alpha value is -2.13. The lowest BCUT2D eigenvalue weighted by atomic mass is 10.0. The molecule has 1 heterocycles. The quantitative estimate of drug-likeness (QED) is 0.802. The van der Waals surface area contributed by atoms with E-state index in [9.17, 15) is 4.79 Å². The molecule has 0 unspecified atom stereocenters. The highest BCUT2D eigenvalue weighted by Gasteiger charge is 2.25. The molecule has 3 heteroatoms. The zero-order valence-corrected chi connectivity index (χ0v) is 13.5. The Kier molecular flexibility index (Phi) is 5.73. The molecule has 0 amide bonds. The van der Waals surface area contributed by atoms with E-state index < -0.39 is 0 Å². The van der Waals surface area contributed by atoms with Gasteiger partial charge in [0.05, 0.1) is 5.56 Å². The smallest absolute Gasteiger partial charge is 0.153 e. The van der Waals surface area contributed by atoms with Gasteiger partial charge in [-0.15, -0.1) is 0 Å². The fraction of sp³-hybridized carbons (Fsp3) is 0.316. The van der Waals surface area contributed by atoms with Crippen LogP contribution in [-0.2, 0) is 0 Å². The molecule has 116 valence electrons. The largest absolute Gasteiger partial charge is 0.487 e. The fourth-order valence-electron chi connectivity index (χ4n) is 2.44. The van der Waals surface area contributed by atoms with E-state index in [4.69, 9.17) is 4.74 Å². The molecule has 1 aliphatic heterocycles. The Labute approximate surface area is 132 Å². The Morgan fingerprint density at radius 3 is 2.32 bits per heavy atom. The molecule has 1 aliphatic rings. The SMILES string of the molecule is CC.CN1CC(Oc2cc(-c3ccccc3)ccc2C=O)C1. The van der Waals surface area contributed by atoms with E-state index in [2.05, 4.69) is 24.1 Å². The first-order valence-corrected chi connectivity index (χ1v) is 7.76. The summed E-state index contributed by atoms with van der Waals surface area (Å²) in [7, 11) is 2.06. The number of rotatable bonds is 4. The van der Waals surface area contributed by atoms with Gasteiger partial charge in [-0.2, -0.15) is 0 Å². The molecule has 22 heavy (non-hydrogen) atoms. The fourth-order valence-corrected chi connectivity index (χ4v) is 2.44. The number of aldehydes is 1. The van der Waals surface area contributed by atoms with Gasteiger partial charge in [0.1, 0.15) is 11.9 Å². The third kappa shape index (κ3) is 3.74. The lowest BCUT2D eigenvalue weighted by Gasteiger charge is -2.36. The highest BCUT2D eigenvalue weighted by molar-refractivity contribution is 5.81. The van der Waals surface area contributed by atoms with E-state index in [1.807, 2.05) is 50.2 Å². The number of hydrogen-bond acceptors (Lipinski definition) is 3. The molecule has 2 aromatic carbocycles. The third-order valence-corrected chi connectivity index (χ3v) is 3.57. The van der Waals surface area contributed by atoms with Crippen LogP contribution in [0.4, 0.5) is 0 Å². The number of benzene rings is 2. The second kappa shape index (κ2) is 7.76. The standard InChI is InChI=1S/C17H17NO2.C2H6/c1-18-10-16(11-18)20-17-9-14(7-8-15(17)12-19)13-5-3-2-4-6-13;1-2/h2-9,12,16H,10-11H2,1H3;1-2H3. The van der Waals surface area contributed by atoms with Crippen LogP contribution in [0.5, 0.6) is 5.75 Å². The van der Waals surface area contributed by atoms with E-state index in [1.165, 1.54) is 0 Å². The molecule has 3 rings (SSSR count). The Morgan fingerprint density at radius 1 is 1.05 bits per heavy atom. The lowest BCUT2D eigenvalue weighted by Crippen LogP contribution is -2.51. The number of likely N-dealkylation sites (N-methyl/N-ethyl adjacent to an activating group) is 1. The summed E-state index contributed by atoms with van der Waals surface area (Å²) >= 11 is 0. The maximum Gasteiger partial charge on any atom is 0.153 e. The second-order valence-electron chi connectivity index (χ2n) is 5.20. The van der Waals surface area contributed by atoms with Crippen LogP contribution in [0.25, 0.3) is 11.1 Å². The van der Waals surface area contributed by atoms with Gasteiger partial charge < -0.3 is 4.74 Å². The number of ether oxygens (including phenoxy) is 1. The molecular formula is C19H23NO2. The average Bonchev–Trinajstić information content (AvgIpc) is 2.56. The Balaban J connectivity index is 0.000000847. The average molecular weight is 297 g/mol. The van der Waals surface area contributed by atoms with Crippen molar-refractivity contribution in [1.82, 2.24) is 4.90 Å². The van der Waals surface area contributed by atoms with Crippen LogP contribution < -0.4 is 4.74 Å². The first kappa shape index (κ1) is 16.2.